The first-order valence-electron chi connectivity index (χ1n) is 4.70. The van der Waals surface area contributed by atoms with Crippen LogP contribution in [-0.2, 0) is 10.2 Å². The van der Waals surface area contributed by atoms with Gasteiger partial charge in [0.15, 0.2) is 5.69 Å². The molecule has 1 aromatic heterocycles. The van der Waals surface area contributed by atoms with Gasteiger partial charge in [0.05, 0.1) is 6.61 Å². The molecule has 0 unspecified atom stereocenters. The predicted octanol–water partition coefficient (Wildman–Crippen LogP) is 2.91. The number of nitrogens with zero attached hydrogens (tertiary/aromatic N) is 1. The number of halogens is 1. The lowest BCUT2D eigenvalue weighted by Gasteiger charge is -2.15. The zero-order chi connectivity index (χ0) is 11.6. The van der Waals surface area contributed by atoms with Crippen LogP contribution < -0.4 is 0 Å². The van der Waals surface area contributed by atoms with Gasteiger partial charge in [-0.3, -0.25) is 0 Å². The van der Waals surface area contributed by atoms with Crippen LogP contribution in [-0.4, -0.2) is 17.6 Å². The van der Waals surface area contributed by atoms with Crippen LogP contribution in [0.3, 0.4) is 0 Å². The molecule has 0 aliphatic rings. The third kappa shape index (κ3) is 2.81. The summed E-state index contributed by atoms with van der Waals surface area (Å²) in [7, 11) is 0. The Bertz CT molecular complexity index is 365. The number of oxazole rings is 1. The summed E-state index contributed by atoms with van der Waals surface area (Å²) in [6.45, 7) is 7.92. The summed E-state index contributed by atoms with van der Waals surface area (Å²) in [6.07, 6.45) is 0. The number of aromatic nitrogens is 1. The highest BCUT2D eigenvalue weighted by Gasteiger charge is 2.29. The summed E-state index contributed by atoms with van der Waals surface area (Å²) in [4.78, 5) is 15.8. The number of carbonyl (C=O) groups excluding carboxylic acids is 1. The molecule has 5 heteroatoms. The molecule has 0 N–H and O–H groups in total. The largest absolute Gasteiger partial charge is 0.461 e. The molecule has 1 heterocycles. The SMILES string of the molecule is CCOC(=O)c1nc(Br)oc1C(C)(C)C. The van der Waals surface area contributed by atoms with Crippen molar-refractivity contribution in [2.24, 2.45) is 0 Å². The quantitative estimate of drug-likeness (QED) is 0.779. The van der Waals surface area contributed by atoms with E-state index in [0.717, 1.165) is 0 Å². The van der Waals surface area contributed by atoms with E-state index in [-0.39, 0.29) is 11.1 Å². The van der Waals surface area contributed by atoms with Crippen LogP contribution in [0.2, 0.25) is 0 Å². The number of esters is 1. The van der Waals surface area contributed by atoms with Crippen molar-refractivity contribution in [1.29, 1.82) is 0 Å². The summed E-state index contributed by atoms with van der Waals surface area (Å²) < 4.78 is 10.2. The third-order valence-electron chi connectivity index (χ3n) is 1.75. The number of carbonyl (C=O) groups is 1. The van der Waals surface area contributed by atoms with Gasteiger partial charge in [-0.1, -0.05) is 20.8 Å². The van der Waals surface area contributed by atoms with E-state index in [9.17, 15) is 4.79 Å². The van der Waals surface area contributed by atoms with Gasteiger partial charge in [-0.15, -0.1) is 0 Å². The first-order chi connectivity index (χ1) is 6.86. The normalized spacial score (nSPS) is 11.5. The van der Waals surface area contributed by atoms with E-state index >= 15 is 0 Å². The molecule has 1 rings (SSSR count). The minimum absolute atomic E-state index is 0.247. The van der Waals surface area contributed by atoms with Crippen LogP contribution in [0, 0.1) is 0 Å². The van der Waals surface area contributed by atoms with Gasteiger partial charge in [-0.25, -0.2) is 4.79 Å². The van der Waals surface area contributed by atoms with E-state index in [1.165, 1.54) is 0 Å². The Morgan fingerprint density at radius 1 is 1.53 bits per heavy atom. The summed E-state index contributed by atoms with van der Waals surface area (Å²) in [5.41, 5.74) is -0.0302. The Hall–Kier alpha value is -0.840. The summed E-state index contributed by atoms with van der Waals surface area (Å²) in [6, 6.07) is 0. The van der Waals surface area contributed by atoms with Crippen molar-refractivity contribution in [2.45, 2.75) is 33.1 Å². The van der Waals surface area contributed by atoms with Gasteiger partial charge in [0.1, 0.15) is 5.76 Å². The second-order valence-electron chi connectivity index (χ2n) is 4.12. The molecule has 0 aromatic carbocycles. The maximum atomic E-state index is 11.6. The van der Waals surface area contributed by atoms with E-state index in [1.54, 1.807) is 6.92 Å². The smallest absolute Gasteiger partial charge is 0.360 e. The zero-order valence-electron chi connectivity index (χ0n) is 9.26. The molecule has 0 aliphatic heterocycles. The summed E-state index contributed by atoms with van der Waals surface area (Å²) >= 11 is 3.11. The predicted molar refractivity (Wildman–Crippen MR) is 58.9 cm³/mol. The molecule has 0 aliphatic carbocycles. The Labute approximate surface area is 97.1 Å². The maximum absolute atomic E-state index is 11.6. The van der Waals surface area contributed by atoms with Crippen molar-refractivity contribution in [2.75, 3.05) is 6.61 Å². The number of hydrogen-bond acceptors (Lipinski definition) is 4. The second-order valence-corrected chi connectivity index (χ2v) is 4.79. The van der Waals surface area contributed by atoms with Gasteiger partial charge in [0.25, 0.3) is 4.80 Å². The highest BCUT2D eigenvalue weighted by molar-refractivity contribution is 9.10. The molecule has 0 saturated carbocycles. The molecule has 0 fully saturated rings. The minimum Gasteiger partial charge on any atom is -0.461 e. The van der Waals surface area contributed by atoms with Crippen molar-refractivity contribution in [3.8, 4) is 0 Å². The Morgan fingerprint density at radius 2 is 2.13 bits per heavy atom. The van der Waals surface area contributed by atoms with Crippen LogP contribution >= 0.6 is 15.9 Å². The molecule has 1 aromatic rings. The highest BCUT2D eigenvalue weighted by atomic mass is 79.9. The number of ether oxygens (including phenoxy) is 1. The Kier molecular flexibility index (Phi) is 3.54. The summed E-state index contributed by atoms with van der Waals surface area (Å²) in [5.74, 6) is 0.0877. The summed E-state index contributed by atoms with van der Waals surface area (Å²) in [5, 5.41) is 0. The molecule has 0 atom stereocenters. The molecular formula is C10H14BrNO3. The highest BCUT2D eigenvalue weighted by Crippen LogP contribution is 2.29. The molecule has 0 bridgehead atoms. The molecule has 84 valence electrons. The lowest BCUT2D eigenvalue weighted by atomic mass is 9.92. The molecule has 0 saturated heterocycles. The van der Waals surface area contributed by atoms with Crippen molar-refractivity contribution >= 4 is 21.9 Å². The van der Waals surface area contributed by atoms with E-state index in [0.29, 0.717) is 17.2 Å². The minimum atomic E-state index is -0.447. The zero-order valence-corrected chi connectivity index (χ0v) is 10.8. The molecule has 15 heavy (non-hydrogen) atoms. The van der Waals surface area contributed by atoms with E-state index in [1.807, 2.05) is 20.8 Å². The fraction of sp³-hybridized carbons (Fsp3) is 0.600. The van der Waals surface area contributed by atoms with Crippen LogP contribution in [0.4, 0.5) is 0 Å². The van der Waals surface area contributed by atoms with Crippen molar-refractivity contribution in [3.05, 3.63) is 16.3 Å². The molecule has 0 radical (unpaired) electrons. The third-order valence-corrected chi connectivity index (χ3v) is 2.09. The first kappa shape index (κ1) is 12.2. The van der Waals surface area contributed by atoms with E-state index < -0.39 is 5.97 Å². The van der Waals surface area contributed by atoms with Gasteiger partial charge in [0.2, 0.25) is 0 Å². The van der Waals surface area contributed by atoms with Crippen LogP contribution in [0.1, 0.15) is 43.9 Å². The fourth-order valence-corrected chi connectivity index (χ4v) is 1.48. The van der Waals surface area contributed by atoms with Crippen LogP contribution in [0.15, 0.2) is 9.22 Å². The fourth-order valence-electron chi connectivity index (χ4n) is 1.14. The van der Waals surface area contributed by atoms with Gasteiger partial charge in [-0.05, 0) is 6.92 Å². The van der Waals surface area contributed by atoms with E-state index in [4.69, 9.17) is 9.15 Å². The molecule has 0 spiro atoms. The second kappa shape index (κ2) is 4.35. The van der Waals surface area contributed by atoms with Gasteiger partial charge >= 0.3 is 5.97 Å². The average molecular weight is 276 g/mol. The lowest BCUT2D eigenvalue weighted by Crippen LogP contribution is -2.17. The van der Waals surface area contributed by atoms with Crippen molar-refractivity contribution in [1.82, 2.24) is 4.98 Å². The van der Waals surface area contributed by atoms with Crippen LogP contribution in [0.5, 0.6) is 0 Å². The lowest BCUT2D eigenvalue weighted by molar-refractivity contribution is 0.0515. The first-order valence-corrected chi connectivity index (χ1v) is 5.49. The van der Waals surface area contributed by atoms with Crippen molar-refractivity contribution < 1.29 is 13.9 Å². The Balaban J connectivity index is 3.12. The monoisotopic (exact) mass is 275 g/mol. The topological polar surface area (TPSA) is 52.3 Å². The van der Waals surface area contributed by atoms with Crippen molar-refractivity contribution in [3.63, 3.8) is 0 Å². The van der Waals surface area contributed by atoms with E-state index in [2.05, 4.69) is 20.9 Å². The Morgan fingerprint density at radius 3 is 2.60 bits per heavy atom. The van der Waals surface area contributed by atoms with Gasteiger partial charge < -0.3 is 9.15 Å². The molecule has 4 nitrogen and oxygen atoms in total. The number of hydrogen-bond donors (Lipinski definition) is 0. The average Bonchev–Trinajstić information content (AvgIpc) is 2.47. The molecule has 0 amide bonds. The van der Waals surface area contributed by atoms with Crippen LogP contribution in [0.25, 0.3) is 0 Å². The molecular weight excluding hydrogens is 262 g/mol. The van der Waals surface area contributed by atoms with Gasteiger partial charge in [-0.2, -0.15) is 4.98 Å². The standard InChI is InChI=1S/C10H14BrNO3/c1-5-14-8(13)6-7(10(2,3)4)15-9(11)12-6/h5H2,1-4H3. The van der Waals surface area contributed by atoms with Gasteiger partial charge in [0, 0.05) is 21.3 Å². The number of rotatable bonds is 2. The maximum Gasteiger partial charge on any atom is 0.360 e.